The molecule has 0 bridgehead atoms. The van der Waals surface area contributed by atoms with Gasteiger partial charge >= 0.3 is 0 Å². The average molecular weight is 99.1 g/mol. The molecule has 0 spiro atoms. The van der Waals surface area contributed by atoms with E-state index >= 15 is 0 Å². The smallest absolute Gasteiger partial charge is 0.0582 e. The van der Waals surface area contributed by atoms with E-state index in [1.807, 2.05) is 0 Å². The molecule has 0 N–H and O–H groups in total. The Balaban J connectivity index is 3.08. The molecule has 0 amide bonds. The van der Waals surface area contributed by atoms with Gasteiger partial charge in [-0.3, -0.25) is 0 Å². The second-order valence-electron chi connectivity index (χ2n) is 0.590. The number of oxime groups is 1. The van der Waals surface area contributed by atoms with Crippen molar-refractivity contribution in [1.29, 1.82) is 0 Å². The van der Waals surface area contributed by atoms with Crippen molar-refractivity contribution < 1.29 is 4.94 Å². The maximum atomic E-state index is 3.97. The van der Waals surface area contributed by atoms with Crippen LogP contribution in [0.5, 0.6) is 0 Å². The molecule has 0 atom stereocenters. The first kappa shape index (κ1) is 5.81. The second-order valence-corrected chi connectivity index (χ2v) is 0.590. The van der Waals surface area contributed by atoms with E-state index in [0.29, 0.717) is 0 Å². The van der Waals surface area contributed by atoms with Crippen LogP contribution in [0.4, 0.5) is 0 Å². The van der Waals surface area contributed by atoms with Crippen molar-refractivity contribution in [3.8, 4) is 0 Å². The van der Waals surface area contributed by atoms with Crippen molar-refractivity contribution in [3.63, 3.8) is 0 Å². The minimum Gasteiger partial charge on any atom is -0.225 e. The summed E-state index contributed by atoms with van der Waals surface area (Å²) in [4.78, 5) is 3.97. The molecule has 38 valence electrons. The van der Waals surface area contributed by atoms with Gasteiger partial charge in [-0.05, 0) is 0 Å². The largest absolute Gasteiger partial charge is 0.225 e. The molecule has 0 fully saturated rings. The van der Waals surface area contributed by atoms with Gasteiger partial charge in [0, 0.05) is 12.9 Å². The highest BCUT2D eigenvalue weighted by Gasteiger charge is 1.58. The summed E-state index contributed by atoms with van der Waals surface area (Å²) in [6.45, 7) is 6.20. The standard InChI is InChI=1S/C3H5N3O/c1-3-5-6-7-4-2/h3H,1-2H2/b6-5-. The van der Waals surface area contributed by atoms with Gasteiger partial charge in [0.25, 0.3) is 0 Å². The van der Waals surface area contributed by atoms with E-state index in [4.69, 9.17) is 0 Å². The summed E-state index contributed by atoms with van der Waals surface area (Å²) in [5.41, 5.74) is 0. The molecule has 0 aliphatic carbocycles. The fourth-order valence-electron chi connectivity index (χ4n) is 0.0802. The third kappa shape index (κ3) is 4.81. The van der Waals surface area contributed by atoms with E-state index in [1.54, 1.807) is 0 Å². The molecule has 0 saturated carbocycles. The first-order valence-corrected chi connectivity index (χ1v) is 1.55. The lowest BCUT2D eigenvalue weighted by Gasteiger charge is -1.74. The molecule has 0 aliphatic heterocycles. The van der Waals surface area contributed by atoms with Crippen LogP contribution in [0.3, 0.4) is 0 Å². The molecular weight excluding hydrogens is 94.1 g/mol. The van der Waals surface area contributed by atoms with Gasteiger partial charge in [-0.2, -0.15) is 0 Å². The molecule has 0 aromatic carbocycles. The van der Waals surface area contributed by atoms with E-state index in [2.05, 4.69) is 33.8 Å². The van der Waals surface area contributed by atoms with Crippen molar-refractivity contribution in [3.05, 3.63) is 12.8 Å². The van der Waals surface area contributed by atoms with Crippen molar-refractivity contribution >= 4 is 6.72 Å². The monoisotopic (exact) mass is 99.0 g/mol. The predicted octanol–water partition coefficient (Wildman–Crippen LogP) is 1.13. The van der Waals surface area contributed by atoms with Crippen LogP contribution in [-0.4, -0.2) is 6.72 Å². The SMILES string of the molecule is C=C/N=N\ON=C. The Bertz CT molecular complexity index is 88.2. The van der Waals surface area contributed by atoms with Gasteiger partial charge in [0.15, 0.2) is 0 Å². The van der Waals surface area contributed by atoms with Gasteiger partial charge in [0.05, 0.1) is 5.28 Å². The summed E-state index contributed by atoms with van der Waals surface area (Å²) in [5.74, 6) is 0. The Morgan fingerprint density at radius 2 is 2.29 bits per heavy atom. The first-order valence-electron chi connectivity index (χ1n) is 1.55. The minimum atomic E-state index is 1.23. The van der Waals surface area contributed by atoms with Crippen LogP contribution in [0.25, 0.3) is 0 Å². The topological polar surface area (TPSA) is 46.3 Å². The number of rotatable bonds is 3. The fraction of sp³-hybridized carbons (Fsp3) is 0. The molecule has 4 heteroatoms. The van der Waals surface area contributed by atoms with Crippen LogP contribution in [0, 0.1) is 0 Å². The zero-order valence-corrected chi connectivity index (χ0v) is 3.74. The number of nitrogens with zero attached hydrogens (tertiary/aromatic N) is 3. The van der Waals surface area contributed by atoms with E-state index < -0.39 is 0 Å². The van der Waals surface area contributed by atoms with Crippen molar-refractivity contribution in [2.45, 2.75) is 0 Å². The highest BCUT2D eigenvalue weighted by molar-refractivity contribution is 5.21. The lowest BCUT2D eigenvalue weighted by atomic mass is 11.1. The number of hydrogen-bond acceptors (Lipinski definition) is 4. The van der Waals surface area contributed by atoms with Gasteiger partial charge in [-0.1, -0.05) is 11.7 Å². The maximum Gasteiger partial charge on any atom is 0.0582 e. The molecule has 0 aliphatic rings. The van der Waals surface area contributed by atoms with Gasteiger partial charge in [0.2, 0.25) is 0 Å². The highest BCUT2D eigenvalue weighted by atomic mass is 16.8. The van der Waals surface area contributed by atoms with Crippen LogP contribution in [0.1, 0.15) is 0 Å². The van der Waals surface area contributed by atoms with Crippen LogP contribution < -0.4 is 0 Å². The van der Waals surface area contributed by atoms with Crippen molar-refractivity contribution in [2.24, 2.45) is 15.5 Å². The van der Waals surface area contributed by atoms with E-state index in [1.165, 1.54) is 6.20 Å². The van der Waals surface area contributed by atoms with Gasteiger partial charge in [-0.15, -0.1) is 5.11 Å². The fourth-order valence-corrected chi connectivity index (χ4v) is 0.0802. The molecule has 0 aromatic rings. The predicted molar refractivity (Wildman–Crippen MR) is 25.7 cm³/mol. The summed E-state index contributed by atoms with van der Waals surface area (Å²) in [5, 5.41) is 9.10. The van der Waals surface area contributed by atoms with Gasteiger partial charge < -0.3 is 0 Å². The third-order valence-corrected chi connectivity index (χ3v) is 0.223. The molecule has 0 radical (unpaired) electrons. The second kappa shape index (κ2) is 4.81. The van der Waals surface area contributed by atoms with Gasteiger partial charge in [0.1, 0.15) is 0 Å². The summed E-state index contributed by atoms with van der Waals surface area (Å²) in [6, 6.07) is 0. The Kier molecular flexibility index (Phi) is 3.99. The van der Waals surface area contributed by atoms with Crippen molar-refractivity contribution in [2.75, 3.05) is 0 Å². The third-order valence-electron chi connectivity index (χ3n) is 0.223. The average Bonchev–Trinajstić information content (AvgIpc) is 1.69. The highest BCUT2D eigenvalue weighted by Crippen LogP contribution is 1.76. The molecule has 0 aromatic heterocycles. The first-order chi connectivity index (χ1) is 3.41. The Morgan fingerprint density at radius 3 is 2.71 bits per heavy atom. The molecule has 0 saturated heterocycles. The molecule has 0 unspecified atom stereocenters. The van der Waals surface area contributed by atoms with Crippen molar-refractivity contribution in [1.82, 2.24) is 0 Å². The zero-order valence-electron chi connectivity index (χ0n) is 3.74. The van der Waals surface area contributed by atoms with Crippen LogP contribution in [0.2, 0.25) is 0 Å². The summed E-state index contributed by atoms with van der Waals surface area (Å²) < 4.78 is 0. The molecule has 4 nitrogen and oxygen atoms in total. The zero-order chi connectivity index (χ0) is 5.54. The van der Waals surface area contributed by atoms with Crippen LogP contribution >= 0.6 is 0 Å². The van der Waals surface area contributed by atoms with E-state index in [9.17, 15) is 0 Å². The van der Waals surface area contributed by atoms with Gasteiger partial charge in [-0.25, -0.2) is 4.94 Å². The van der Waals surface area contributed by atoms with E-state index in [-0.39, 0.29) is 0 Å². The molecule has 7 heavy (non-hydrogen) atoms. The Morgan fingerprint density at radius 1 is 1.57 bits per heavy atom. The van der Waals surface area contributed by atoms with E-state index in [0.717, 1.165) is 0 Å². The lowest BCUT2D eigenvalue weighted by molar-refractivity contribution is 0.138. The maximum absolute atomic E-state index is 3.97. The lowest BCUT2D eigenvalue weighted by Crippen LogP contribution is -1.57. The Hall–Kier alpha value is -1.19. The molecule has 0 rings (SSSR count). The van der Waals surface area contributed by atoms with Crippen LogP contribution in [-0.2, 0) is 4.94 Å². The quantitative estimate of drug-likeness (QED) is 0.297. The normalized spacial score (nSPS) is 8.57. The summed E-state index contributed by atoms with van der Waals surface area (Å²) in [6.07, 6.45) is 1.23. The minimum absolute atomic E-state index is 1.23. The summed E-state index contributed by atoms with van der Waals surface area (Å²) >= 11 is 0. The molecular formula is C3H5N3O. The number of hydrogen-bond donors (Lipinski definition) is 0. The Labute approximate surface area is 41.1 Å². The molecule has 0 heterocycles. The summed E-state index contributed by atoms with van der Waals surface area (Å²) in [7, 11) is 0. The van der Waals surface area contributed by atoms with Crippen LogP contribution in [0.15, 0.2) is 28.3 Å².